The molecule has 0 bridgehead atoms. The first kappa shape index (κ1) is 22.2. The Labute approximate surface area is 169 Å². The molecule has 0 saturated carbocycles. The molecule has 0 aliphatic rings. The van der Waals surface area contributed by atoms with E-state index in [1.807, 2.05) is 36.4 Å². The fraction of sp³-hybridized carbons (Fsp3) is 0.478. The summed E-state index contributed by atoms with van der Waals surface area (Å²) in [5.41, 5.74) is 9.02. The molecule has 0 aliphatic heterocycles. The number of ether oxygens (including phenoxy) is 2. The second-order valence-electron chi connectivity index (χ2n) is 6.87. The van der Waals surface area contributed by atoms with E-state index in [2.05, 4.69) is 29.9 Å². The molecule has 2 rings (SSSR count). The largest absolute Gasteiger partial charge is 0.476 e. The summed E-state index contributed by atoms with van der Waals surface area (Å²) in [5, 5.41) is 9.29. The number of aliphatic hydroxyl groups excluding tert-OH is 1. The molecule has 0 heterocycles. The van der Waals surface area contributed by atoms with Crippen molar-refractivity contribution in [3.63, 3.8) is 0 Å². The first-order valence-corrected chi connectivity index (χ1v) is 10.3. The molecule has 0 unspecified atom stereocenters. The first-order valence-electron chi connectivity index (χ1n) is 10.3. The molecule has 0 saturated heterocycles. The van der Waals surface area contributed by atoms with Crippen molar-refractivity contribution in [3.8, 4) is 5.75 Å². The SMILES string of the molecule is CCCCCCCCOCc1ccc(NNCOc2ccccc2CO)cc1. The molecule has 154 valence electrons. The van der Waals surface area contributed by atoms with Crippen LogP contribution in [0.3, 0.4) is 0 Å². The van der Waals surface area contributed by atoms with E-state index >= 15 is 0 Å². The van der Waals surface area contributed by atoms with Gasteiger partial charge in [-0.25, -0.2) is 5.43 Å². The van der Waals surface area contributed by atoms with Crippen molar-refractivity contribution >= 4 is 5.69 Å². The van der Waals surface area contributed by atoms with E-state index < -0.39 is 0 Å². The molecule has 0 radical (unpaired) electrons. The van der Waals surface area contributed by atoms with Crippen molar-refractivity contribution in [1.29, 1.82) is 0 Å². The van der Waals surface area contributed by atoms with Crippen LogP contribution >= 0.6 is 0 Å². The van der Waals surface area contributed by atoms with E-state index in [0.29, 0.717) is 19.1 Å². The lowest BCUT2D eigenvalue weighted by Crippen LogP contribution is -2.26. The fourth-order valence-corrected chi connectivity index (χ4v) is 2.89. The molecular weight excluding hydrogens is 352 g/mol. The van der Waals surface area contributed by atoms with E-state index in [9.17, 15) is 5.11 Å². The van der Waals surface area contributed by atoms with Crippen LogP contribution < -0.4 is 15.6 Å². The van der Waals surface area contributed by atoms with Gasteiger partial charge < -0.3 is 20.0 Å². The predicted octanol–water partition coefficient (Wildman–Crippen LogP) is 5.01. The van der Waals surface area contributed by atoms with Crippen molar-refractivity contribution in [3.05, 3.63) is 59.7 Å². The third-order valence-electron chi connectivity index (χ3n) is 4.54. The van der Waals surface area contributed by atoms with Crippen LogP contribution in [0.2, 0.25) is 0 Å². The van der Waals surface area contributed by atoms with Crippen LogP contribution in [0.4, 0.5) is 5.69 Å². The Morgan fingerprint density at radius 1 is 0.893 bits per heavy atom. The molecule has 28 heavy (non-hydrogen) atoms. The second-order valence-corrected chi connectivity index (χ2v) is 6.87. The van der Waals surface area contributed by atoms with Gasteiger partial charge in [-0.3, -0.25) is 0 Å². The van der Waals surface area contributed by atoms with Crippen LogP contribution in [-0.2, 0) is 18.0 Å². The van der Waals surface area contributed by atoms with Gasteiger partial charge in [0, 0.05) is 17.9 Å². The minimum atomic E-state index is -0.0357. The molecule has 5 nitrogen and oxygen atoms in total. The van der Waals surface area contributed by atoms with Crippen LogP contribution in [0.5, 0.6) is 5.75 Å². The Hall–Kier alpha value is -2.08. The summed E-state index contributed by atoms with van der Waals surface area (Å²) >= 11 is 0. The van der Waals surface area contributed by atoms with Crippen LogP contribution in [0, 0.1) is 0 Å². The van der Waals surface area contributed by atoms with Crippen LogP contribution in [0.15, 0.2) is 48.5 Å². The number of hydrogen-bond acceptors (Lipinski definition) is 5. The van der Waals surface area contributed by atoms with Crippen molar-refractivity contribution in [2.24, 2.45) is 0 Å². The van der Waals surface area contributed by atoms with Gasteiger partial charge in [0.05, 0.1) is 13.2 Å². The van der Waals surface area contributed by atoms with Gasteiger partial charge in [0.25, 0.3) is 0 Å². The maximum atomic E-state index is 9.29. The lowest BCUT2D eigenvalue weighted by molar-refractivity contribution is 0.116. The number of rotatable bonds is 15. The minimum Gasteiger partial charge on any atom is -0.476 e. The number of benzene rings is 2. The van der Waals surface area contributed by atoms with Crippen molar-refractivity contribution in [2.75, 3.05) is 18.8 Å². The summed E-state index contributed by atoms with van der Waals surface area (Å²) in [5.74, 6) is 0.678. The standard InChI is InChI=1S/C23H34N2O3/c1-2-3-4-5-6-9-16-27-18-20-12-14-22(15-13-20)25-24-19-28-23-11-8-7-10-21(23)17-26/h7-8,10-15,24-26H,2-6,9,16-19H2,1H3. The molecule has 5 heteroatoms. The van der Waals surface area contributed by atoms with E-state index in [-0.39, 0.29) is 6.61 Å². The van der Waals surface area contributed by atoms with Gasteiger partial charge in [0.2, 0.25) is 0 Å². The highest BCUT2D eigenvalue weighted by Gasteiger charge is 2.01. The topological polar surface area (TPSA) is 62.8 Å². The summed E-state index contributed by atoms with van der Waals surface area (Å²) in [6.07, 6.45) is 7.71. The minimum absolute atomic E-state index is 0.0357. The molecule has 0 spiro atoms. The first-order chi connectivity index (χ1) is 13.8. The van der Waals surface area contributed by atoms with Crippen LogP contribution in [0.1, 0.15) is 56.6 Å². The Bertz CT molecular complexity index is 647. The Morgan fingerprint density at radius 2 is 1.64 bits per heavy atom. The summed E-state index contributed by atoms with van der Waals surface area (Å²) in [4.78, 5) is 0. The number of aliphatic hydroxyl groups is 1. The monoisotopic (exact) mass is 386 g/mol. The average Bonchev–Trinajstić information content (AvgIpc) is 2.74. The maximum Gasteiger partial charge on any atom is 0.155 e. The lowest BCUT2D eigenvalue weighted by Gasteiger charge is -2.12. The number of hydrazine groups is 1. The summed E-state index contributed by atoms with van der Waals surface area (Å²) in [6, 6.07) is 15.6. The zero-order valence-electron chi connectivity index (χ0n) is 17.0. The number of nitrogens with one attached hydrogen (secondary N) is 2. The van der Waals surface area contributed by atoms with Crippen LogP contribution in [-0.4, -0.2) is 18.4 Å². The molecule has 0 fully saturated rings. The van der Waals surface area contributed by atoms with Gasteiger partial charge in [0.1, 0.15) is 5.75 Å². The van der Waals surface area contributed by atoms with E-state index in [4.69, 9.17) is 9.47 Å². The molecule has 3 N–H and O–H groups in total. The van der Waals surface area contributed by atoms with Crippen molar-refractivity contribution in [1.82, 2.24) is 5.43 Å². The van der Waals surface area contributed by atoms with Gasteiger partial charge in [-0.1, -0.05) is 69.4 Å². The Balaban J connectivity index is 1.57. The van der Waals surface area contributed by atoms with Crippen molar-refractivity contribution in [2.45, 2.75) is 58.7 Å². The molecule has 0 atom stereocenters. The molecule has 0 aliphatic carbocycles. The van der Waals surface area contributed by atoms with Crippen molar-refractivity contribution < 1.29 is 14.6 Å². The van der Waals surface area contributed by atoms with E-state index in [0.717, 1.165) is 24.3 Å². The molecule has 0 amide bonds. The van der Waals surface area contributed by atoms with E-state index in [1.165, 1.54) is 37.7 Å². The maximum absolute atomic E-state index is 9.29. The number of anilines is 1. The third-order valence-corrected chi connectivity index (χ3v) is 4.54. The predicted molar refractivity (Wildman–Crippen MR) is 114 cm³/mol. The number of hydrogen-bond donors (Lipinski definition) is 3. The molecule has 0 aromatic heterocycles. The van der Waals surface area contributed by atoms with Gasteiger partial charge in [-0.05, 0) is 30.2 Å². The quantitative estimate of drug-likeness (QED) is 0.228. The highest BCUT2D eigenvalue weighted by Crippen LogP contribution is 2.17. The van der Waals surface area contributed by atoms with Gasteiger partial charge in [-0.15, -0.1) is 0 Å². The highest BCUT2D eigenvalue weighted by molar-refractivity contribution is 5.43. The van der Waals surface area contributed by atoms with Gasteiger partial charge in [-0.2, -0.15) is 0 Å². The van der Waals surface area contributed by atoms with Gasteiger partial charge in [0.15, 0.2) is 6.73 Å². The number of para-hydroxylation sites is 1. The average molecular weight is 387 g/mol. The smallest absolute Gasteiger partial charge is 0.155 e. The molecule has 2 aromatic carbocycles. The zero-order chi connectivity index (χ0) is 19.9. The second kappa shape index (κ2) is 14.0. The summed E-state index contributed by atoms with van der Waals surface area (Å²) < 4.78 is 11.4. The molecular formula is C23H34N2O3. The normalized spacial score (nSPS) is 10.8. The fourth-order valence-electron chi connectivity index (χ4n) is 2.89. The van der Waals surface area contributed by atoms with E-state index in [1.54, 1.807) is 0 Å². The Kier molecular flexibility index (Phi) is 11.1. The Morgan fingerprint density at radius 3 is 2.43 bits per heavy atom. The van der Waals surface area contributed by atoms with Crippen LogP contribution in [0.25, 0.3) is 0 Å². The van der Waals surface area contributed by atoms with Gasteiger partial charge >= 0.3 is 0 Å². The molecule has 2 aromatic rings. The summed E-state index contributed by atoms with van der Waals surface area (Å²) in [7, 11) is 0. The lowest BCUT2D eigenvalue weighted by atomic mass is 10.1. The third kappa shape index (κ3) is 8.74. The number of unbranched alkanes of at least 4 members (excludes halogenated alkanes) is 5. The summed E-state index contributed by atoms with van der Waals surface area (Å²) in [6.45, 7) is 3.99. The highest BCUT2D eigenvalue weighted by atomic mass is 16.5. The zero-order valence-corrected chi connectivity index (χ0v) is 17.0.